The zero-order valence-electron chi connectivity index (χ0n) is 10.3. The molecular formula is C13H19ClN2S. The van der Waals surface area contributed by atoms with E-state index in [1.54, 1.807) is 0 Å². The van der Waals surface area contributed by atoms with Crippen molar-refractivity contribution in [3.8, 4) is 0 Å². The lowest BCUT2D eigenvalue weighted by Crippen LogP contribution is -2.09. The summed E-state index contributed by atoms with van der Waals surface area (Å²) in [7, 11) is 0. The normalized spacial score (nSPS) is 17.3. The summed E-state index contributed by atoms with van der Waals surface area (Å²) in [5.74, 6) is 2.34. The van der Waals surface area contributed by atoms with Crippen LogP contribution in [-0.4, -0.2) is 15.2 Å². The summed E-state index contributed by atoms with van der Waals surface area (Å²) in [5, 5.41) is 0.812. The van der Waals surface area contributed by atoms with Crippen molar-refractivity contribution in [2.24, 2.45) is 0 Å². The number of halogens is 1. The summed E-state index contributed by atoms with van der Waals surface area (Å²) in [6, 6.07) is 1.96. The molecule has 2 rings (SSSR count). The van der Waals surface area contributed by atoms with Crippen molar-refractivity contribution in [2.75, 3.05) is 0 Å². The first kappa shape index (κ1) is 13.2. The molecule has 1 aromatic heterocycles. The first-order valence-corrected chi connectivity index (χ1v) is 7.87. The molecule has 0 N–H and O–H groups in total. The molecule has 1 fully saturated rings. The quantitative estimate of drug-likeness (QED) is 0.771. The Morgan fingerprint density at radius 1 is 1.29 bits per heavy atom. The van der Waals surface area contributed by atoms with E-state index in [0.29, 0.717) is 5.88 Å². The summed E-state index contributed by atoms with van der Waals surface area (Å²) in [4.78, 5) is 8.95. The van der Waals surface area contributed by atoms with Gasteiger partial charge in [0.25, 0.3) is 0 Å². The second kappa shape index (κ2) is 6.60. The van der Waals surface area contributed by atoms with E-state index in [4.69, 9.17) is 11.6 Å². The number of nitrogens with zero attached hydrogens (tertiary/aromatic N) is 2. The highest BCUT2D eigenvalue weighted by Crippen LogP contribution is 2.29. The number of thioether (sulfide) groups is 1. The van der Waals surface area contributed by atoms with Gasteiger partial charge in [-0.25, -0.2) is 9.97 Å². The van der Waals surface area contributed by atoms with Crippen molar-refractivity contribution in [3.05, 3.63) is 23.3 Å². The van der Waals surface area contributed by atoms with Gasteiger partial charge in [-0.3, -0.25) is 0 Å². The third-order valence-corrected chi connectivity index (χ3v) is 4.73. The summed E-state index contributed by atoms with van der Waals surface area (Å²) in [5.41, 5.74) is 1.97. The fourth-order valence-corrected chi connectivity index (χ4v) is 3.57. The van der Waals surface area contributed by atoms with Gasteiger partial charge in [-0.2, -0.15) is 11.8 Å². The summed E-state index contributed by atoms with van der Waals surface area (Å²) < 4.78 is 0. The molecule has 1 aliphatic rings. The van der Waals surface area contributed by atoms with Crippen LogP contribution in [0.1, 0.15) is 49.3 Å². The van der Waals surface area contributed by atoms with Crippen molar-refractivity contribution >= 4 is 23.4 Å². The third-order valence-electron chi connectivity index (χ3n) is 3.09. The molecule has 0 bridgehead atoms. The number of hydrogen-bond donors (Lipinski definition) is 0. The smallest absolute Gasteiger partial charge is 0.138 e. The Bertz CT molecular complexity index is 364. The number of aromatic nitrogens is 2. The predicted octanol–water partition coefficient (Wildman–Crippen LogP) is 4.09. The number of aryl methyl sites for hydroxylation is 1. The van der Waals surface area contributed by atoms with Crippen LogP contribution < -0.4 is 0 Å². The average molecular weight is 271 g/mol. The van der Waals surface area contributed by atoms with Gasteiger partial charge in [-0.1, -0.05) is 19.3 Å². The van der Waals surface area contributed by atoms with E-state index in [1.807, 2.05) is 24.8 Å². The van der Waals surface area contributed by atoms with Crippen LogP contribution in [0.5, 0.6) is 0 Å². The van der Waals surface area contributed by atoms with E-state index >= 15 is 0 Å². The van der Waals surface area contributed by atoms with Crippen molar-refractivity contribution in [2.45, 2.75) is 55.9 Å². The topological polar surface area (TPSA) is 25.8 Å². The fraction of sp³-hybridized carbons (Fsp3) is 0.692. The Balaban J connectivity index is 1.91. The van der Waals surface area contributed by atoms with Gasteiger partial charge in [0, 0.05) is 10.9 Å². The van der Waals surface area contributed by atoms with E-state index in [-0.39, 0.29) is 0 Å². The lowest BCUT2D eigenvalue weighted by Gasteiger charge is -2.20. The average Bonchev–Trinajstić information content (AvgIpc) is 2.37. The maximum Gasteiger partial charge on any atom is 0.138 e. The molecule has 0 aliphatic heterocycles. The third kappa shape index (κ3) is 4.14. The molecule has 0 amide bonds. The SMILES string of the molecule is Cc1cc(CCl)nc(CSC2CCCCC2)n1. The molecule has 1 aromatic rings. The minimum atomic E-state index is 0.477. The molecule has 94 valence electrons. The molecule has 0 unspecified atom stereocenters. The highest BCUT2D eigenvalue weighted by molar-refractivity contribution is 7.99. The molecule has 17 heavy (non-hydrogen) atoms. The van der Waals surface area contributed by atoms with Crippen molar-refractivity contribution in [1.82, 2.24) is 9.97 Å². The van der Waals surface area contributed by atoms with Crippen LogP contribution in [0.25, 0.3) is 0 Å². The number of rotatable bonds is 4. The molecule has 0 spiro atoms. The monoisotopic (exact) mass is 270 g/mol. The van der Waals surface area contributed by atoms with Crippen molar-refractivity contribution in [3.63, 3.8) is 0 Å². The summed E-state index contributed by atoms with van der Waals surface area (Å²) in [6.07, 6.45) is 6.91. The van der Waals surface area contributed by atoms with Crippen LogP contribution in [0.2, 0.25) is 0 Å². The van der Waals surface area contributed by atoms with Gasteiger partial charge in [-0.15, -0.1) is 11.6 Å². The predicted molar refractivity (Wildman–Crippen MR) is 74.5 cm³/mol. The largest absolute Gasteiger partial charge is 0.237 e. The number of alkyl halides is 1. The van der Waals surface area contributed by atoms with E-state index in [1.165, 1.54) is 32.1 Å². The van der Waals surface area contributed by atoms with Crippen LogP contribution in [0.4, 0.5) is 0 Å². The van der Waals surface area contributed by atoms with E-state index in [2.05, 4.69) is 9.97 Å². The molecule has 0 atom stereocenters. The Kier molecular flexibility index (Phi) is 5.11. The summed E-state index contributed by atoms with van der Waals surface area (Å²) in [6.45, 7) is 2.01. The van der Waals surface area contributed by atoms with Gasteiger partial charge >= 0.3 is 0 Å². The Hall–Kier alpha value is -0.280. The lowest BCUT2D eigenvalue weighted by molar-refractivity contribution is 0.516. The molecule has 0 aromatic carbocycles. The Labute approximate surface area is 113 Å². The molecule has 2 nitrogen and oxygen atoms in total. The highest BCUT2D eigenvalue weighted by atomic mass is 35.5. The standard InChI is InChI=1S/C13H19ClN2S/c1-10-7-11(8-14)16-13(15-10)9-17-12-5-3-2-4-6-12/h7,12H,2-6,8-9H2,1H3. The first-order valence-electron chi connectivity index (χ1n) is 6.29. The van der Waals surface area contributed by atoms with Gasteiger partial charge < -0.3 is 0 Å². The summed E-state index contributed by atoms with van der Waals surface area (Å²) >= 11 is 7.83. The highest BCUT2D eigenvalue weighted by Gasteiger charge is 2.14. The molecule has 1 heterocycles. The van der Waals surface area contributed by atoms with Gasteiger partial charge in [-0.05, 0) is 25.8 Å². The lowest BCUT2D eigenvalue weighted by atomic mass is 10.0. The zero-order chi connectivity index (χ0) is 12.1. The molecule has 1 saturated carbocycles. The van der Waals surface area contributed by atoms with E-state index in [9.17, 15) is 0 Å². The maximum atomic E-state index is 5.82. The second-order valence-electron chi connectivity index (χ2n) is 4.62. The van der Waals surface area contributed by atoms with Crippen LogP contribution in [0.3, 0.4) is 0 Å². The first-order chi connectivity index (χ1) is 8.28. The van der Waals surface area contributed by atoms with Crippen molar-refractivity contribution < 1.29 is 0 Å². The Morgan fingerprint density at radius 3 is 2.76 bits per heavy atom. The number of hydrogen-bond acceptors (Lipinski definition) is 3. The second-order valence-corrected chi connectivity index (χ2v) is 6.18. The fourth-order valence-electron chi connectivity index (χ4n) is 2.26. The van der Waals surface area contributed by atoms with Crippen LogP contribution in [0, 0.1) is 6.92 Å². The van der Waals surface area contributed by atoms with E-state index in [0.717, 1.165) is 28.2 Å². The minimum Gasteiger partial charge on any atom is -0.237 e. The van der Waals surface area contributed by atoms with Crippen LogP contribution in [-0.2, 0) is 11.6 Å². The minimum absolute atomic E-state index is 0.477. The Morgan fingerprint density at radius 2 is 2.06 bits per heavy atom. The molecule has 4 heteroatoms. The molecule has 0 radical (unpaired) electrons. The zero-order valence-corrected chi connectivity index (χ0v) is 11.9. The molecular weight excluding hydrogens is 252 g/mol. The van der Waals surface area contributed by atoms with Gasteiger partial charge in [0.1, 0.15) is 5.82 Å². The molecule has 1 aliphatic carbocycles. The van der Waals surface area contributed by atoms with Crippen molar-refractivity contribution in [1.29, 1.82) is 0 Å². The van der Waals surface area contributed by atoms with Gasteiger partial charge in [0.15, 0.2) is 0 Å². The maximum absolute atomic E-state index is 5.82. The van der Waals surface area contributed by atoms with E-state index < -0.39 is 0 Å². The van der Waals surface area contributed by atoms with Crippen LogP contribution >= 0.6 is 23.4 Å². The van der Waals surface area contributed by atoms with Gasteiger partial charge in [0.2, 0.25) is 0 Å². The molecule has 0 saturated heterocycles. The van der Waals surface area contributed by atoms with Gasteiger partial charge in [0.05, 0.1) is 17.3 Å². The van der Waals surface area contributed by atoms with Crippen LogP contribution in [0.15, 0.2) is 6.07 Å².